The fourth-order valence-electron chi connectivity index (χ4n) is 2.27. The van der Waals surface area contributed by atoms with Gasteiger partial charge in [-0.15, -0.1) is 0 Å². The average molecular weight is 308 g/mol. The molecule has 2 atom stereocenters. The molecule has 0 unspecified atom stereocenters. The summed E-state index contributed by atoms with van der Waals surface area (Å²) < 4.78 is 15.1. The molecule has 0 spiro atoms. The van der Waals surface area contributed by atoms with E-state index >= 15 is 0 Å². The van der Waals surface area contributed by atoms with Gasteiger partial charge in [-0.2, -0.15) is 0 Å². The fourth-order valence-corrected chi connectivity index (χ4v) is 2.27. The van der Waals surface area contributed by atoms with Crippen LogP contribution in [0.15, 0.2) is 18.3 Å². The van der Waals surface area contributed by atoms with Gasteiger partial charge in [0.2, 0.25) is 11.8 Å². The van der Waals surface area contributed by atoms with Gasteiger partial charge >= 0.3 is 5.97 Å². The molecule has 0 saturated carbocycles. The SMILES string of the molecule is COC(=O)[C@@H](Cc1ccc(OC)nc1)NC(=O)[C@H]1CCCO1. The molecule has 7 nitrogen and oxygen atoms in total. The minimum absolute atomic E-state index is 0.283. The first-order valence-corrected chi connectivity index (χ1v) is 7.12. The third-order valence-corrected chi connectivity index (χ3v) is 3.47. The summed E-state index contributed by atoms with van der Waals surface area (Å²) in [5.41, 5.74) is 0.795. The Morgan fingerprint density at radius 1 is 1.45 bits per heavy atom. The number of carbonyl (C=O) groups is 2. The zero-order valence-electron chi connectivity index (χ0n) is 12.7. The fraction of sp³-hybridized carbons (Fsp3) is 0.533. The number of pyridine rings is 1. The van der Waals surface area contributed by atoms with E-state index in [9.17, 15) is 9.59 Å². The van der Waals surface area contributed by atoms with Crippen LogP contribution in [-0.2, 0) is 25.5 Å². The third-order valence-electron chi connectivity index (χ3n) is 3.47. The standard InChI is InChI=1S/C15H20N2O5/c1-20-13-6-5-10(9-16-13)8-11(15(19)21-2)17-14(18)12-4-3-7-22-12/h5-6,9,11-12H,3-4,7-8H2,1-2H3,(H,17,18)/t11-,12-/m1/s1. The van der Waals surface area contributed by atoms with Gasteiger partial charge in [-0.3, -0.25) is 4.79 Å². The maximum Gasteiger partial charge on any atom is 0.328 e. The van der Waals surface area contributed by atoms with Gasteiger partial charge in [0.25, 0.3) is 0 Å². The van der Waals surface area contributed by atoms with Crippen molar-refractivity contribution in [3.05, 3.63) is 23.9 Å². The third kappa shape index (κ3) is 4.17. The van der Waals surface area contributed by atoms with E-state index in [1.807, 2.05) is 0 Å². The lowest BCUT2D eigenvalue weighted by molar-refractivity contribution is -0.146. The highest BCUT2D eigenvalue weighted by atomic mass is 16.5. The smallest absolute Gasteiger partial charge is 0.328 e. The van der Waals surface area contributed by atoms with Crippen molar-refractivity contribution in [1.29, 1.82) is 0 Å². The van der Waals surface area contributed by atoms with E-state index in [0.29, 0.717) is 25.3 Å². The highest BCUT2D eigenvalue weighted by Crippen LogP contribution is 2.13. The highest BCUT2D eigenvalue weighted by Gasteiger charge is 2.29. The Kier molecular flexibility index (Phi) is 5.71. The predicted octanol–water partition coefficient (Wildman–Crippen LogP) is 0.469. The van der Waals surface area contributed by atoms with E-state index in [-0.39, 0.29) is 5.91 Å². The molecule has 0 aliphatic carbocycles. The molecule has 1 aromatic rings. The van der Waals surface area contributed by atoms with Crippen molar-refractivity contribution in [2.45, 2.75) is 31.4 Å². The van der Waals surface area contributed by atoms with Crippen LogP contribution in [0.2, 0.25) is 0 Å². The molecule has 1 N–H and O–H groups in total. The van der Waals surface area contributed by atoms with Crippen molar-refractivity contribution in [2.75, 3.05) is 20.8 Å². The van der Waals surface area contributed by atoms with Gasteiger partial charge in [0, 0.05) is 25.3 Å². The van der Waals surface area contributed by atoms with Crippen LogP contribution >= 0.6 is 0 Å². The van der Waals surface area contributed by atoms with Gasteiger partial charge in [0.1, 0.15) is 12.1 Å². The Morgan fingerprint density at radius 3 is 2.82 bits per heavy atom. The minimum atomic E-state index is -0.767. The Labute approximate surface area is 129 Å². The molecule has 1 fully saturated rings. The van der Waals surface area contributed by atoms with E-state index in [0.717, 1.165) is 12.0 Å². The molecule has 1 aromatic heterocycles. The van der Waals surface area contributed by atoms with Gasteiger partial charge in [0.15, 0.2) is 0 Å². The number of aromatic nitrogens is 1. The molecule has 1 saturated heterocycles. The molecular formula is C15H20N2O5. The lowest BCUT2D eigenvalue weighted by Crippen LogP contribution is -2.47. The summed E-state index contributed by atoms with van der Waals surface area (Å²) in [6.45, 7) is 0.573. The molecule has 120 valence electrons. The van der Waals surface area contributed by atoms with Crippen molar-refractivity contribution < 1.29 is 23.8 Å². The van der Waals surface area contributed by atoms with Crippen LogP contribution < -0.4 is 10.1 Å². The minimum Gasteiger partial charge on any atom is -0.481 e. The van der Waals surface area contributed by atoms with Crippen LogP contribution in [0.4, 0.5) is 0 Å². The molecule has 2 heterocycles. The van der Waals surface area contributed by atoms with E-state index in [1.54, 1.807) is 18.3 Å². The zero-order valence-corrected chi connectivity index (χ0v) is 12.7. The van der Waals surface area contributed by atoms with Crippen LogP contribution in [0, 0.1) is 0 Å². The van der Waals surface area contributed by atoms with Crippen molar-refractivity contribution in [1.82, 2.24) is 10.3 Å². The summed E-state index contributed by atoms with van der Waals surface area (Å²) in [6, 6.07) is 2.72. The number of hydrogen-bond acceptors (Lipinski definition) is 6. The lowest BCUT2D eigenvalue weighted by Gasteiger charge is -2.18. The number of esters is 1. The summed E-state index contributed by atoms with van der Waals surface area (Å²) in [4.78, 5) is 28.0. The van der Waals surface area contributed by atoms with Crippen molar-refractivity contribution in [3.63, 3.8) is 0 Å². The maximum absolute atomic E-state index is 12.1. The molecule has 22 heavy (non-hydrogen) atoms. The molecule has 1 amide bonds. The Morgan fingerprint density at radius 2 is 2.27 bits per heavy atom. The molecule has 0 radical (unpaired) electrons. The summed E-state index contributed by atoms with van der Waals surface area (Å²) in [6.07, 6.45) is 2.93. The highest BCUT2D eigenvalue weighted by molar-refractivity contribution is 5.87. The molecule has 0 bridgehead atoms. The van der Waals surface area contributed by atoms with E-state index in [2.05, 4.69) is 10.3 Å². The number of ether oxygens (including phenoxy) is 3. The number of rotatable bonds is 6. The summed E-state index contributed by atoms with van der Waals surface area (Å²) in [5, 5.41) is 2.69. The van der Waals surface area contributed by atoms with E-state index in [1.165, 1.54) is 14.2 Å². The molecule has 1 aliphatic heterocycles. The summed E-state index contributed by atoms with van der Waals surface area (Å²) in [7, 11) is 2.82. The topological polar surface area (TPSA) is 86.8 Å². The van der Waals surface area contributed by atoms with Crippen LogP contribution in [-0.4, -0.2) is 49.8 Å². The number of carbonyl (C=O) groups excluding carboxylic acids is 2. The quantitative estimate of drug-likeness (QED) is 0.769. The molecule has 0 aromatic carbocycles. The predicted molar refractivity (Wildman–Crippen MR) is 77.4 cm³/mol. The van der Waals surface area contributed by atoms with Gasteiger partial charge in [-0.25, -0.2) is 9.78 Å². The van der Waals surface area contributed by atoms with Gasteiger partial charge in [0.05, 0.1) is 14.2 Å². The monoisotopic (exact) mass is 308 g/mol. The molecule has 7 heteroatoms. The number of nitrogens with one attached hydrogen (secondary N) is 1. The van der Waals surface area contributed by atoms with Crippen molar-refractivity contribution in [2.24, 2.45) is 0 Å². The van der Waals surface area contributed by atoms with Gasteiger partial charge < -0.3 is 19.5 Å². The largest absolute Gasteiger partial charge is 0.481 e. The zero-order chi connectivity index (χ0) is 15.9. The van der Waals surface area contributed by atoms with E-state index in [4.69, 9.17) is 14.2 Å². The Bertz CT molecular complexity index is 511. The number of methoxy groups -OCH3 is 2. The second kappa shape index (κ2) is 7.74. The lowest BCUT2D eigenvalue weighted by atomic mass is 10.1. The molecule has 2 rings (SSSR count). The summed E-state index contributed by atoms with van der Waals surface area (Å²) >= 11 is 0. The number of amides is 1. The van der Waals surface area contributed by atoms with Crippen molar-refractivity contribution in [3.8, 4) is 5.88 Å². The maximum atomic E-state index is 12.1. The molecular weight excluding hydrogens is 288 g/mol. The van der Waals surface area contributed by atoms with Gasteiger partial charge in [-0.05, 0) is 18.4 Å². The second-order valence-electron chi connectivity index (χ2n) is 5.00. The number of nitrogens with zero attached hydrogens (tertiary/aromatic N) is 1. The number of hydrogen-bond donors (Lipinski definition) is 1. The second-order valence-corrected chi connectivity index (χ2v) is 5.00. The Balaban J connectivity index is 2.01. The van der Waals surface area contributed by atoms with Crippen LogP contribution in [0.1, 0.15) is 18.4 Å². The van der Waals surface area contributed by atoms with Crippen LogP contribution in [0.3, 0.4) is 0 Å². The first kappa shape index (κ1) is 16.2. The van der Waals surface area contributed by atoms with E-state index < -0.39 is 18.1 Å². The Hall–Kier alpha value is -2.15. The van der Waals surface area contributed by atoms with Gasteiger partial charge in [-0.1, -0.05) is 6.07 Å². The van der Waals surface area contributed by atoms with Crippen LogP contribution in [0.25, 0.3) is 0 Å². The average Bonchev–Trinajstić information content (AvgIpc) is 3.08. The van der Waals surface area contributed by atoms with Crippen LogP contribution in [0.5, 0.6) is 5.88 Å². The first-order valence-electron chi connectivity index (χ1n) is 7.12. The molecule has 1 aliphatic rings. The first-order chi connectivity index (χ1) is 10.6. The normalized spacial score (nSPS) is 18.5. The summed E-state index contributed by atoms with van der Waals surface area (Å²) in [5.74, 6) is -0.293. The van der Waals surface area contributed by atoms with Crippen molar-refractivity contribution >= 4 is 11.9 Å².